The summed E-state index contributed by atoms with van der Waals surface area (Å²) in [6.07, 6.45) is 1.35. The van der Waals surface area contributed by atoms with E-state index in [1.54, 1.807) is 0 Å². The standard InChI is InChI=1S/C15H22N2O3/c1-11(12-6-8-19-10-12)17-13-2-4-14(5-3-13)20-9-7-15(16)18/h2-5,11-12,17H,6-10H2,1H3,(H2,16,18). The van der Waals surface area contributed by atoms with Crippen molar-refractivity contribution in [1.29, 1.82) is 0 Å². The zero-order valence-electron chi connectivity index (χ0n) is 11.8. The zero-order chi connectivity index (χ0) is 14.4. The van der Waals surface area contributed by atoms with Gasteiger partial charge in [0.1, 0.15) is 5.75 Å². The number of carbonyl (C=O) groups excluding carboxylic acids is 1. The van der Waals surface area contributed by atoms with Crippen LogP contribution in [0.4, 0.5) is 5.69 Å². The van der Waals surface area contributed by atoms with Crippen molar-refractivity contribution < 1.29 is 14.3 Å². The van der Waals surface area contributed by atoms with E-state index in [4.69, 9.17) is 15.2 Å². The molecule has 0 bridgehead atoms. The summed E-state index contributed by atoms with van der Waals surface area (Å²) >= 11 is 0. The van der Waals surface area contributed by atoms with Crippen LogP contribution in [0.5, 0.6) is 5.75 Å². The Morgan fingerprint density at radius 2 is 2.25 bits per heavy atom. The molecular weight excluding hydrogens is 256 g/mol. The highest BCUT2D eigenvalue weighted by Gasteiger charge is 2.21. The molecule has 5 heteroatoms. The number of rotatable bonds is 7. The summed E-state index contributed by atoms with van der Waals surface area (Å²) in [5.41, 5.74) is 6.12. The lowest BCUT2D eigenvalue weighted by Gasteiger charge is -2.20. The van der Waals surface area contributed by atoms with Crippen molar-refractivity contribution >= 4 is 11.6 Å². The third-order valence-electron chi connectivity index (χ3n) is 3.54. The number of amides is 1. The van der Waals surface area contributed by atoms with Gasteiger partial charge in [0.25, 0.3) is 0 Å². The van der Waals surface area contributed by atoms with Crippen LogP contribution in [0.15, 0.2) is 24.3 Å². The number of nitrogens with one attached hydrogen (secondary N) is 1. The summed E-state index contributed by atoms with van der Waals surface area (Å²) in [4.78, 5) is 10.6. The summed E-state index contributed by atoms with van der Waals surface area (Å²) < 4.78 is 10.8. The number of ether oxygens (including phenoxy) is 2. The first-order valence-corrected chi connectivity index (χ1v) is 7.00. The van der Waals surface area contributed by atoms with Crippen LogP contribution in [0.1, 0.15) is 19.8 Å². The van der Waals surface area contributed by atoms with Crippen molar-refractivity contribution in [2.24, 2.45) is 11.7 Å². The van der Waals surface area contributed by atoms with E-state index in [-0.39, 0.29) is 12.3 Å². The van der Waals surface area contributed by atoms with Crippen LogP contribution < -0.4 is 15.8 Å². The van der Waals surface area contributed by atoms with E-state index < -0.39 is 0 Å². The fourth-order valence-electron chi connectivity index (χ4n) is 2.24. The molecule has 0 spiro atoms. The molecule has 1 heterocycles. The first-order chi connectivity index (χ1) is 9.65. The zero-order valence-corrected chi connectivity index (χ0v) is 11.8. The number of primary amides is 1. The van der Waals surface area contributed by atoms with Crippen LogP contribution in [-0.4, -0.2) is 31.8 Å². The van der Waals surface area contributed by atoms with Crippen molar-refractivity contribution in [3.05, 3.63) is 24.3 Å². The first-order valence-electron chi connectivity index (χ1n) is 7.00. The summed E-state index contributed by atoms with van der Waals surface area (Å²) in [5.74, 6) is 0.964. The Bertz CT molecular complexity index is 427. The van der Waals surface area contributed by atoms with Gasteiger partial charge in [0.2, 0.25) is 5.91 Å². The third-order valence-corrected chi connectivity index (χ3v) is 3.54. The van der Waals surface area contributed by atoms with E-state index in [0.717, 1.165) is 31.1 Å². The molecule has 1 saturated heterocycles. The Hall–Kier alpha value is -1.75. The van der Waals surface area contributed by atoms with Gasteiger partial charge >= 0.3 is 0 Å². The molecule has 2 unspecified atom stereocenters. The van der Waals surface area contributed by atoms with E-state index in [0.29, 0.717) is 18.6 Å². The summed E-state index contributed by atoms with van der Waals surface area (Å²) in [5, 5.41) is 3.48. The minimum atomic E-state index is -0.351. The molecule has 1 aliphatic rings. The van der Waals surface area contributed by atoms with Crippen molar-refractivity contribution in [2.45, 2.75) is 25.8 Å². The second-order valence-electron chi connectivity index (χ2n) is 5.15. The Labute approximate surface area is 119 Å². The Morgan fingerprint density at radius 1 is 1.50 bits per heavy atom. The van der Waals surface area contributed by atoms with Gasteiger partial charge in [-0.15, -0.1) is 0 Å². The van der Waals surface area contributed by atoms with Crippen LogP contribution in [0, 0.1) is 5.92 Å². The number of anilines is 1. The maximum absolute atomic E-state index is 10.6. The van der Waals surface area contributed by atoms with Crippen molar-refractivity contribution in [3.8, 4) is 5.75 Å². The monoisotopic (exact) mass is 278 g/mol. The van der Waals surface area contributed by atoms with Gasteiger partial charge in [-0.25, -0.2) is 0 Å². The minimum absolute atomic E-state index is 0.235. The average Bonchev–Trinajstić information content (AvgIpc) is 2.94. The lowest BCUT2D eigenvalue weighted by molar-refractivity contribution is -0.118. The van der Waals surface area contributed by atoms with Crippen LogP contribution >= 0.6 is 0 Å². The van der Waals surface area contributed by atoms with Gasteiger partial charge in [-0.05, 0) is 37.6 Å². The molecule has 3 N–H and O–H groups in total. The predicted molar refractivity (Wildman–Crippen MR) is 77.8 cm³/mol. The van der Waals surface area contributed by atoms with Crippen LogP contribution in [0.25, 0.3) is 0 Å². The second kappa shape index (κ2) is 7.14. The van der Waals surface area contributed by atoms with Gasteiger partial charge in [-0.2, -0.15) is 0 Å². The van der Waals surface area contributed by atoms with E-state index in [9.17, 15) is 4.79 Å². The van der Waals surface area contributed by atoms with Crippen LogP contribution in [-0.2, 0) is 9.53 Å². The molecule has 5 nitrogen and oxygen atoms in total. The molecule has 1 aromatic carbocycles. The lowest BCUT2D eigenvalue weighted by Crippen LogP contribution is -2.26. The Kier molecular flexibility index (Phi) is 5.24. The van der Waals surface area contributed by atoms with Gasteiger partial charge in [0, 0.05) is 24.3 Å². The fraction of sp³-hybridized carbons (Fsp3) is 0.533. The van der Waals surface area contributed by atoms with Crippen molar-refractivity contribution in [1.82, 2.24) is 0 Å². The quantitative estimate of drug-likeness (QED) is 0.797. The molecule has 1 aromatic rings. The highest BCUT2D eigenvalue weighted by atomic mass is 16.5. The first kappa shape index (κ1) is 14.7. The SMILES string of the molecule is CC(Nc1ccc(OCCC(N)=O)cc1)C1CCOC1. The molecule has 0 aliphatic carbocycles. The van der Waals surface area contributed by atoms with E-state index >= 15 is 0 Å². The highest BCUT2D eigenvalue weighted by Crippen LogP contribution is 2.22. The minimum Gasteiger partial charge on any atom is -0.493 e. The molecule has 1 amide bonds. The number of hydrogen-bond donors (Lipinski definition) is 2. The summed E-state index contributed by atoms with van der Waals surface area (Å²) in [6, 6.07) is 8.12. The second-order valence-corrected chi connectivity index (χ2v) is 5.15. The molecule has 0 aromatic heterocycles. The number of hydrogen-bond acceptors (Lipinski definition) is 4. The van der Waals surface area contributed by atoms with E-state index in [2.05, 4.69) is 12.2 Å². The molecule has 2 rings (SSSR count). The lowest BCUT2D eigenvalue weighted by atomic mass is 10.0. The topological polar surface area (TPSA) is 73.6 Å². The van der Waals surface area contributed by atoms with Gasteiger partial charge in [-0.3, -0.25) is 4.79 Å². The van der Waals surface area contributed by atoms with Crippen molar-refractivity contribution in [2.75, 3.05) is 25.1 Å². The summed E-state index contributed by atoms with van der Waals surface area (Å²) in [7, 11) is 0. The number of carbonyl (C=O) groups is 1. The van der Waals surface area contributed by atoms with Gasteiger partial charge < -0.3 is 20.5 Å². The maximum Gasteiger partial charge on any atom is 0.220 e. The largest absolute Gasteiger partial charge is 0.493 e. The Morgan fingerprint density at radius 3 is 2.85 bits per heavy atom. The van der Waals surface area contributed by atoms with Gasteiger partial charge in [0.05, 0.1) is 19.6 Å². The number of benzene rings is 1. The summed E-state index contributed by atoms with van der Waals surface area (Å²) in [6.45, 7) is 4.19. The molecule has 1 aliphatic heterocycles. The molecule has 110 valence electrons. The normalized spacial score (nSPS) is 19.6. The highest BCUT2D eigenvalue weighted by molar-refractivity contribution is 5.73. The molecule has 0 saturated carbocycles. The van der Waals surface area contributed by atoms with Gasteiger partial charge in [0.15, 0.2) is 0 Å². The molecule has 2 atom stereocenters. The maximum atomic E-state index is 10.6. The fourth-order valence-corrected chi connectivity index (χ4v) is 2.24. The average molecular weight is 278 g/mol. The molecular formula is C15H22N2O3. The predicted octanol–water partition coefficient (Wildman–Crippen LogP) is 1.78. The molecule has 20 heavy (non-hydrogen) atoms. The van der Waals surface area contributed by atoms with Crippen molar-refractivity contribution in [3.63, 3.8) is 0 Å². The smallest absolute Gasteiger partial charge is 0.220 e. The molecule has 1 fully saturated rings. The van der Waals surface area contributed by atoms with Crippen LogP contribution in [0.2, 0.25) is 0 Å². The third kappa shape index (κ3) is 4.42. The van der Waals surface area contributed by atoms with Gasteiger partial charge in [-0.1, -0.05) is 0 Å². The van der Waals surface area contributed by atoms with E-state index in [1.165, 1.54) is 0 Å². The molecule has 0 radical (unpaired) electrons. The van der Waals surface area contributed by atoms with E-state index in [1.807, 2.05) is 24.3 Å². The van der Waals surface area contributed by atoms with Crippen LogP contribution in [0.3, 0.4) is 0 Å². The Balaban J connectivity index is 1.80. The number of nitrogens with two attached hydrogens (primary N) is 1.